The Hall–Kier alpha value is -1.17. The van der Waals surface area contributed by atoms with Crippen molar-refractivity contribution >= 4 is 11.6 Å². The predicted molar refractivity (Wildman–Crippen MR) is 121 cm³/mol. The maximum Gasteiger partial charge on any atom is 1.00 e. The molecule has 0 aliphatic heterocycles. The molecule has 0 fully saturated rings. The fourth-order valence-corrected chi connectivity index (χ4v) is 3.60. The molecule has 0 bridgehead atoms. The van der Waals surface area contributed by atoms with E-state index in [-0.39, 0.29) is 68.5 Å². The molecule has 0 radical (unpaired) electrons. The van der Waals surface area contributed by atoms with Crippen LogP contribution in [-0.4, -0.2) is 5.91 Å². The fourth-order valence-electron chi connectivity index (χ4n) is 3.60. The standard InChI is InChI=1S/C26H33NO2.K/c1-19(11-16-24-21(3)10-7-17-26(24,4)5)8-6-9-20(2)18-25(29)27-22-12-14-23(28)15-13-22;/h6,8-9,11-16,18,28H,7,10,17H2,1-5H3,(H,27,29);/q;+1/p-1/b9-6+,16-11+,19-8+,20-18+;. The van der Waals surface area contributed by atoms with Crippen molar-refractivity contribution in [1.29, 1.82) is 0 Å². The minimum atomic E-state index is -0.215. The number of anilines is 1. The molecule has 154 valence electrons. The van der Waals surface area contributed by atoms with E-state index in [2.05, 4.69) is 45.2 Å². The van der Waals surface area contributed by atoms with E-state index in [1.807, 2.05) is 25.2 Å². The summed E-state index contributed by atoms with van der Waals surface area (Å²) >= 11 is 0. The summed E-state index contributed by atoms with van der Waals surface area (Å²) in [5.41, 5.74) is 5.82. The first-order chi connectivity index (χ1) is 13.7. The Morgan fingerprint density at radius 1 is 1.10 bits per heavy atom. The first kappa shape index (κ1) is 26.9. The minimum absolute atomic E-state index is 0. The Bertz CT molecular complexity index is 884. The molecular weight excluding hydrogens is 397 g/mol. The quantitative estimate of drug-likeness (QED) is 0.429. The van der Waals surface area contributed by atoms with Gasteiger partial charge in [0.1, 0.15) is 0 Å². The zero-order chi connectivity index (χ0) is 21.4. The van der Waals surface area contributed by atoms with Crippen LogP contribution in [0.5, 0.6) is 5.75 Å². The third-order valence-electron chi connectivity index (χ3n) is 5.25. The van der Waals surface area contributed by atoms with Crippen LogP contribution < -0.4 is 61.8 Å². The van der Waals surface area contributed by atoms with E-state index >= 15 is 0 Å². The van der Waals surface area contributed by atoms with E-state index < -0.39 is 0 Å². The van der Waals surface area contributed by atoms with Gasteiger partial charge in [0.2, 0.25) is 5.91 Å². The first-order valence-corrected chi connectivity index (χ1v) is 10.2. The minimum Gasteiger partial charge on any atom is -0.872 e. The van der Waals surface area contributed by atoms with Gasteiger partial charge in [-0.25, -0.2) is 0 Å². The van der Waals surface area contributed by atoms with Crippen LogP contribution in [-0.2, 0) is 4.79 Å². The van der Waals surface area contributed by atoms with Crippen LogP contribution in [0.3, 0.4) is 0 Å². The van der Waals surface area contributed by atoms with Crippen molar-refractivity contribution in [3.05, 3.63) is 83.0 Å². The summed E-state index contributed by atoms with van der Waals surface area (Å²) in [6.07, 6.45) is 15.6. The number of carbonyl (C=O) groups excluding carboxylic acids is 1. The molecule has 4 heteroatoms. The zero-order valence-electron chi connectivity index (χ0n) is 19.2. The van der Waals surface area contributed by atoms with Gasteiger partial charge >= 0.3 is 51.4 Å². The van der Waals surface area contributed by atoms with Gasteiger partial charge in [-0.2, -0.15) is 0 Å². The monoisotopic (exact) mass is 429 g/mol. The van der Waals surface area contributed by atoms with Gasteiger partial charge < -0.3 is 10.4 Å². The molecule has 1 aromatic rings. The second-order valence-corrected chi connectivity index (χ2v) is 8.44. The fraction of sp³-hybridized carbons (Fsp3) is 0.346. The van der Waals surface area contributed by atoms with Crippen molar-refractivity contribution in [2.75, 3.05) is 5.32 Å². The molecule has 3 nitrogen and oxygen atoms in total. The van der Waals surface area contributed by atoms with E-state index in [1.54, 1.807) is 18.2 Å². The van der Waals surface area contributed by atoms with Crippen molar-refractivity contribution in [3.63, 3.8) is 0 Å². The molecule has 0 saturated heterocycles. The number of amides is 1. The van der Waals surface area contributed by atoms with Crippen LogP contribution in [0.4, 0.5) is 5.69 Å². The van der Waals surface area contributed by atoms with Gasteiger partial charge in [0.25, 0.3) is 0 Å². The van der Waals surface area contributed by atoms with E-state index in [1.165, 1.54) is 42.5 Å². The van der Waals surface area contributed by atoms with E-state index in [9.17, 15) is 9.90 Å². The summed E-state index contributed by atoms with van der Waals surface area (Å²) in [7, 11) is 0. The number of hydrogen-bond acceptors (Lipinski definition) is 2. The topological polar surface area (TPSA) is 52.2 Å². The Morgan fingerprint density at radius 2 is 1.77 bits per heavy atom. The molecule has 2 rings (SSSR count). The average molecular weight is 430 g/mol. The molecule has 0 saturated carbocycles. The summed E-state index contributed by atoms with van der Waals surface area (Å²) in [4.78, 5) is 12.0. The maximum absolute atomic E-state index is 12.0. The molecule has 1 aliphatic carbocycles. The molecule has 0 aromatic heterocycles. The zero-order valence-corrected chi connectivity index (χ0v) is 22.3. The van der Waals surface area contributed by atoms with Gasteiger partial charge in [0.15, 0.2) is 0 Å². The smallest absolute Gasteiger partial charge is 0.872 e. The number of benzene rings is 1. The largest absolute Gasteiger partial charge is 1.00 e. The van der Waals surface area contributed by atoms with Gasteiger partial charge in [0, 0.05) is 11.8 Å². The molecule has 0 unspecified atom stereocenters. The van der Waals surface area contributed by atoms with E-state index in [0.717, 1.165) is 11.1 Å². The average Bonchev–Trinajstić information content (AvgIpc) is 2.62. The van der Waals surface area contributed by atoms with Crippen molar-refractivity contribution in [3.8, 4) is 5.75 Å². The summed E-state index contributed by atoms with van der Waals surface area (Å²) in [6.45, 7) is 10.9. The summed E-state index contributed by atoms with van der Waals surface area (Å²) in [6, 6.07) is 6.06. The third kappa shape index (κ3) is 8.90. The Balaban J connectivity index is 0.00000450. The normalized spacial score (nSPS) is 17.4. The maximum atomic E-state index is 12.0. The molecule has 0 atom stereocenters. The summed E-state index contributed by atoms with van der Waals surface area (Å²) in [5.74, 6) is -0.291. The number of hydrogen-bond donors (Lipinski definition) is 1. The molecule has 30 heavy (non-hydrogen) atoms. The van der Waals surface area contributed by atoms with Gasteiger partial charge in [-0.15, -0.1) is 5.75 Å². The van der Waals surface area contributed by atoms with Crippen molar-refractivity contribution in [2.45, 2.75) is 53.9 Å². The Morgan fingerprint density at radius 3 is 2.40 bits per heavy atom. The molecule has 1 N–H and O–H groups in total. The first-order valence-electron chi connectivity index (χ1n) is 10.2. The van der Waals surface area contributed by atoms with Crippen LogP contribution in [0.2, 0.25) is 0 Å². The van der Waals surface area contributed by atoms with Gasteiger partial charge in [0.05, 0.1) is 0 Å². The van der Waals surface area contributed by atoms with Crippen LogP contribution >= 0.6 is 0 Å². The van der Waals surface area contributed by atoms with Crippen molar-refractivity contribution in [1.82, 2.24) is 0 Å². The third-order valence-corrected chi connectivity index (χ3v) is 5.25. The van der Waals surface area contributed by atoms with E-state index in [0.29, 0.717) is 5.69 Å². The van der Waals surface area contributed by atoms with Crippen LogP contribution in [0.25, 0.3) is 0 Å². The Kier molecular flexibility index (Phi) is 11.3. The molecule has 0 spiro atoms. The molecule has 1 aromatic carbocycles. The van der Waals surface area contributed by atoms with Crippen LogP contribution in [0.15, 0.2) is 83.0 Å². The summed E-state index contributed by atoms with van der Waals surface area (Å²) < 4.78 is 0. The van der Waals surface area contributed by atoms with Gasteiger partial charge in [-0.3, -0.25) is 4.79 Å². The molecule has 1 aliphatic rings. The second-order valence-electron chi connectivity index (χ2n) is 8.44. The number of allylic oxidation sites excluding steroid dienone is 9. The number of carbonyl (C=O) groups is 1. The van der Waals surface area contributed by atoms with Crippen molar-refractivity contribution < 1.29 is 61.3 Å². The number of rotatable bonds is 6. The van der Waals surface area contributed by atoms with Crippen molar-refractivity contribution in [2.24, 2.45) is 5.41 Å². The predicted octanol–water partition coefficient (Wildman–Crippen LogP) is 3.23. The SMILES string of the molecule is CC1=C(/C=C/C(C)=C/C=C/C(C)=C/C(=O)Nc2ccc([O-])cc2)C(C)(C)CCC1.[K+]. The number of nitrogens with one attached hydrogen (secondary N) is 1. The molecular formula is C26H32KNO2. The molecule has 1 amide bonds. The Labute approximate surface area is 224 Å². The van der Waals surface area contributed by atoms with E-state index in [4.69, 9.17) is 0 Å². The summed E-state index contributed by atoms with van der Waals surface area (Å²) in [5, 5.41) is 13.8. The van der Waals surface area contributed by atoms with Gasteiger partial charge in [-0.05, 0) is 68.7 Å². The van der Waals surface area contributed by atoms with Crippen LogP contribution in [0, 0.1) is 5.41 Å². The van der Waals surface area contributed by atoms with Crippen LogP contribution in [0.1, 0.15) is 53.9 Å². The molecule has 0 heterocycles. The second kappa shape index (κ2) is 12.6. The van der Waals surface area contributed by atoms with Gasteiger partial charge in [-0.1, -0.05) is 67.5 Å².